The normalized spacial score (nSPS) is 20.8. The molecule has 21 heavy (non-hydrogen) atoms. The second-order valence-electron chi connectivity index (χ2n) is 4.69. The molecule has 5 nitrogen and oxygen atoms in total. The summed E-state index contributed by atoms with van der Waals surface area (Å²) in [6, 6.07) is 2.95. The highest BCUT2D eigenvalue weighted by molar-refractivity contribution is 5.98. The van der Waals surface area contributed by atoms with Crippen molar-refractivity contribution in [3.63, 3.8) is 0 Å². The van der Waals surface area contributed by atoms with Crippen LogP contribution in [-0.2, 0) is 15.8 Å². The monoisotopic (exact) mass is 303 g/mol. The number of benzene rings is 1. The van der Waals surface area contributed by atoms with Gasteiger partial charge in [0.05, 0.1) is 24.5 Å². The molecule has 0 heterocycles. The summed E-state index contributed by atoms with van der Waals surface area (Å²) in [5, 5.41) is 11.1. The average molecular weight is 303 g/mol. The Hall–Kier alpha value is -2.25. The van der Waals surface area contributed by atoms with Crippen molar-refractivity contribution < 1.29 is 32.6 Å². The zero-order chi connectivity index (χ0) is 15.8. The van der Waals surface area contributed by atoms with Gasteiger partial charge in [-0.3, -0.25) is 9.59 Å². The first-order chi connectivity index (χ1) is 9.74. The molecule has 2 atom stereocenters. The van der Waals surface area contributed by atoms with Gasteiger partial charge in [0.2, 0.25) is 5.91 Å². The number of aliphatic carboxylic acids is 1. The molecule has 0 spiro atoms. The van der Waals surface area contributed by atoms with Crippen molar-refractivity contribution in [2.24, 2.45) is 11.8 Å². The van der Waals surface area contributed by atoms with E-state index >= 15 is 0 Å². The smallest absolute Gasteiger partial charge is 0.419 e. The van der Waals surface area contributed by atoms with Crippen molar-refractivity contribution in [1.29, 1.82) is 0 Å². The highest BCUT2D eigenvalue weighted by Crippen LogP contribution is 2.40. The minimum atomic E-state index is -4.56. The van der Waals surface area contributed by atoms with E-state index in [-0.39, 0.29) is 12.1 Å². The third kappa shape index (κ3) is 3.26. The van der Waals surface area contributed by atoms with Gasteiger partial charge in [-0.25, -0.2) is 0 Å². The van der Waals surface area contributed by atoms with E-state index in [9.17, 15) is 22.8 Å². The van der Waals surface area contributed by atoms with Crippen LogP contribution < -0.4 is 10.1 Å². The third-order valence-electron chi connectivity index (χ3n) is 3.22. The molecule has 2 N–H and O–H groups in total. The summed E-state index contributed by atoms with van der Waals surface area (Å²) in [4.78, 5) is 22.4. The molecule has 1 saturated carbocycles. The first-order valence-electron chi connectivity index (χ1n) is 6.03. The maximum absolute atomic E-state index is 12.7. The van der Waals surface area contributed by atoms with Gasteiger partial charge in [0, 0.05) is 11.8 Å². The number of amides is 1. The summed E-state index contributed by atoms with van der Waals surface area (Å²) in [5.41, 5.74) is -0.821. The number of methoxy groups -OCH3 is 1. The van der Waals surface area contributed by atoms with E-state index < -0.39 is 41.2 Å². The minimum absolute atomic E-state index is 0.126. The molecule has 0 saturated heterocycles. The second-order valence-corrected chi connectivity index (χ2v) is 4.69. The maximum Gasteiger partial charge on any atom is 0.419 e. The van der Waals surface area contributed by atoms with Gasteiger partial charge in [-0.1, -0.05) is 0 Å². The van der Waals surface area contributed by atoms with Crippen LogP contribution in [0.25, 0.3) is 0 Å². The van der Waals surface area contributed by atoms with Gasteiger partial charge in [-0.05, 0) is 18.6 Å². The predicted molar refractivity (Wildman–Crippen MR) is 65.9 cm³/mol. The Morgan fingerprint density at radius 2 is 2.00 bits per heavy atom. The second kappa shape index (κ2) is 5.27. The quantitative estimate of drug-likeness (QED) is 0.895. The van der Waals surface area contributed by atoms with Gasteiger partial charge < -0.3 is 15.2 Å². The van der Waals surface area contributed by atoms with E-state index in [4.69, 9.17) is 5.11 Å². The van der Waals surface area contributed by atoms with Crippen molar-refractivity contribution in [3.8, 4) is 5.75 Å². The third-order valence-corrected chi connectivity index (χ3v) is 3.22. The van der Waals surface area contributed by atoms with E-state index in [0.717, 1.165) is 25.3 Å². The van der Waals surface area contributed by atoms with Crippen molar-refractivity contribution >= 4 is 17.6 Å². The number of carboxylic acid groups (broad SMARTS) is 1. The van der Waals surface area contributed by atoms with E-state index in [0.29, 0.717) is 0 Å². The Bertz CT molecular complexity index is 585. The Morgan fingerprint density at radius 3 is 2.48 bits per heavy atom. The molecule has 0 unspecified atom stereocenters. The fourth-order valence-corrected chi connectivity index (χ4v) is 2.00. The molecular formula is C13H12F3NO4. The average Bonchev–Trinajstić information content (AvgIpc) is 3.17. The molecule has 1 aliphatic rings. The zero-order valence-electron chi connectivity index (χ0n) is 10.9. The van der Waals surface area contributed by atoms with Crippen molar-refractivity contribution in [3.05, 3.63) is 23.8 Å². The molecule has 114 valence electrons. The Morgan fingerprint density at radius 1 is 1.33 bits per heavy atom. The molecule has 0 radical (unpaired) electrons. The Kier molecular flexibility index (Phi) is 3.80. The van der Waals surface area contributed by atoms with Crippen molar-refractivity contribution in [2.75, 3.05) is 12.4 Å². The number of anilines is 1. The van der Waals surface area contributed by atoms with E-state index in [2.05, 4.69) is 10.1 Å². The van der Waals surface area contributed by atoms with Gasteiger partial charge in [0.1, 0.15) is 5.75 Å². The van der Waals surface area contributed by atoms with Crippen LogP contribution in [0.4, 0.5) is 18.9 Å². The molecule has 1 aliphatic carbocycles. The van der Waals surface area contributed by atoms with E-state index in [1.807, 2.05) is 0 Å². The van der Waals surface area contributed by atoms with Crippen LogP contribution in [0.5, 0.6) is 5.75 Å². The van der Waals surface area contributed by atoms with E-state index in [1.54, 1.807) is 0 Å². The molecular weight excluding hydrogens is 291 g/mol. The fraction of sp³-hybridized carbons (Fsp3) is 0.385. The number of carboxylic acids is 1. The topological polar surface area (TPSA) is 75.6 Å². The maximum atomic E-state index is 12.7. The van der Waals surface area contributed by atoms with Crippen LogP contribution in [0.1, 0.15) is 12.0 Å². The summed E-state index contributed by atoms with van der Waals surface area (Å²) >= 11 is 0. The number of rotatable bonds is 4. The number of nitrogens with one attached hydrogen (secondary N) is 1. The molecule has 1 amide bonds. The van der Waals surface area contributed by atoms with Gasteiger partial charge in [0.25, 0.3) is 0 Å². The molecule has 1 fully saturated rings. The Labute approximate surface area is 117 Å². The fourth-order valence-electron chi connectivity index (χ4n) is 2.00. The summed E-state index contributed by atoms with van der Waals surface area (Å²) in [6.45, 7) is 0. The summed E-state index contributed by atoms with van der Waals surface area (Å²) in [6.07, 6.45) is -4.32. The lowest BCUT2D eigenvalue weighted by Crippen LogP contribution is -2.17. The van der Waals surface area contributed by atoms with Crippen LogP contribution >= 0.6 is 0 Å². The number of hydrogen-bond donors (Lipinski definition) is 2. The summed E-state index contributed by atoms with van der Waals surface area (Å²) in [7, 11) is 1.09. The van der Waals surface area contributed by atoms with Crippen LogP contribution in [0.3, 0.4) is 0 Å². The van der Waals surface area contributed by atoms with Gasteiger partial charge >= 0.3 is 12.1 Å². The van der Waals surface area contributed by atoms with Crippen molar-refractivity contribution in [1.82, 2.24) is 0 Å². The van der Waals surface area contributed by atoms with Crippen LogP contribution in [0.15, 0.2) is 18.2 Å². The van der Waals surface area contributed by atoms with Crippen LogP contribution in [0, 0.1) is 11.8 Å². The molecule has 8 heteroatoms. The molecule has 0 aliphatic heterocycles. The largest absolute Gasteiger partial charge is 0.496 e. The van der Waals surface area contributed by atoms with Gasteiger partial charge in [-0.15, -0.1) is 0 Å². The summed E-state index contributed by atoms with van der Waals surface area (Å²) in [5.74, 6) is -3.35. The first kappa shape index (κ1) is 15.1. The lowest BCUT2D eigenvalue weighted by atomic mass is 10.1. The molecule has 1 aromatic carbocycles. The Balaban J connectivity index is 2.12. The number of alkyl halides is 3. The van der Waals surface area contributed by atoms with E-state index in [1.165, 1.54) is 0 Å². The first-order valence-corrected chi connectivity index (χ1v) is 6.03. The molecule has 1 aromatic rings. The lowest BCUT2D eigenvalue weighted by molar-refractivity contribution is -0.140. The molecule has 2 rings (SSSR count). The highest BCUT2D eigenvalue weighted by atomic mass is 19.4. The van der Waals surface area contributed by atoms with Crippen LogP contribution in [0.2, 0.25) is 0 Å². The number of ether oxygens (including phenoxy) is 1. The number of hydrogen-bond acceptors (Lipinski definition) is 3. The van der Waals surface area contributed by atoms with Gasteiger partial charge in [0.15, 0.2) is 0 Å². The number of carbonyl (C=O) groups excluding carboxylic acids is 1. The van der Waals surface area contributed by atoms with Crippen molar-refractivity contribution in [2.45, 2.75) is 12.6 Å². The summed E-state index contributed by atoms with van der Waals surface area (Å²) < 4.78 is 42.7. The number of carbonyl (C=O) groups is 2. The predicted octanol–water partition coefficient (Wildman–Crippen LogP) is 2.37. The zero-order valence-corrected chi connectivity index (χ0v) is 10.9. The highest BCUT2D eigenvalue weighted by Gasteiger charge is 2.48. The van der Waals surface area contributed by atoms with Crippen LogP contribution in [-0.4, -0.2) is 24.1 Å². The lowest BCUT2D eigenvalue weighted by Gasteiger charge is -2.13. The minimum Gasteiger partial charge on any atom is -0.496 e. The number of halogens is 3. The molecule has 0 aromatic heterocycles. The van der Waals surface area contributed by atoms with Gasteiger partial charge in [-0.2, -0.15) is 13.2 Å². The molecule has 0 bridgehead atoms. The SMILES string of the molecule is COc1cc(NC(=O)[C@@H]2C[C@H]2C(=O)O)ccc1C(F)(F)F. The standard InChI is InChI=1S/C13H12F3NO4/c1-21-10-4-6(2-3-9(10)13(14,15)16)17-11(18)7-5-8(7)12(19)20/h2-4,7-8H,5H2,1H3,(H,17,18)(H,19,20)/t7-,8-/m1/s1.